The molecule has 2 N–H and O–H groups in total. The van der Waals surface area contributed by atoms with Crippen LogP contribution in [0.5, 0.6) is 11.5 Å². The van der Waals surface area contributed by atoms with Gasteiger partial charge in [-0.3, -0.25) is 4.79 Å². The molecule has 1 aromatic rings. The quantitative estimate of drug-likeness (QED) is 0.172. The molecule has 1 unspecified atom stereocenters. The molecule has 0 spiro atoms. The zero-order chi connectivity index (χ0) is 32.3. The van der Waals surface area contributed by atoms with Crippen molar-refractivity contribution in [1.29, 1.82) is 0 Å². The van der Waals surface area contributed by atoms with Crippen LogP contribution in [0.3, 0.4) is 0 Å². The number of esters is 1. The van der Waals surface area contributed by atoms with E-state index >= 15 is 0 Å². The predicted molar refractivity (Wildman–Crippen MR) is 153 cm³/mol. The fourth-order valence-corrected chi connectivity index (χ4v) is 3.41. The van der Waals surface area contributed by atoms with Crippen LogP contribution in [0.15, 0.2) is 18.2 Å². The van der Waals surface area contributed by atoms with Crippen molar-refractivity contribution in [2.24, 2.45) is 16.6 Å². The highest BCUT2D eigenvalue weighted by Gasteiger charge is 2.38. The van der Waals surface area contributed by atoms with Crippen molar-refractivity contribution in [3.05, 3.63) is 23.8 Å². The van der Waals surface area contributed by atoms with E-state index in [1.54, 1.807) is 13.8 Å². The molecule has 1 rings (SSSR count). The molecule has 0 saturated heterocycles. The molecule has 0 aromatic heterocycles. The number of rotatable bonds is 12. The van der Waals surface area contributed by atoms with Gasteiger partial charge in [0.15, 0.2) is 11.5 Å². The summed E-state index contributed by atoms with van der Waals surface area (Å²) in [4.78, 5) is 49.7. The highest BCUT2D eigenvalue weighted by atomic mass is 16.7. The summed E-state index contributed by atoms with van der Waals surface area (Å²) in [6, 6.07) is 4.30. The van der Waals surface area contributed by atoms with Gasteiger partial charge in [0.25, 0.3) is 0 Å². The number of methoxy groups -OCH3 is 1. The number of benzene rings is 1. The molecule has 0 aliphatic rings. The molecule has 0 radical (unpaired) electrons. The van der Waals surface area contributed by atoms with Crippen molar-refractivity contribution < 1.29 is 52.3 Å². The zero-order valence-electron chi connectivity index (χ0n) is 26.5. The molecular formula is C30H47NO11. The van der Waals surface area contributed by atoms with Crippen molar-refractivity contribution in [3.63, 3.8) is 0 Å². The first-order valence-electron chi connectivity index (χ1n) is 13.8. The molecule has 238 valence electrons. The largest absolute Gasteiger partial charge is 0.513 e. The molecule has 12 heteroatoms. The van der Waals surface area contributed by atoms with E-state index in [0.717, 1.165) is 0 Å². The highest BCUT2D eigenvalue weighted by molar-refractivity contribution is 5.81. The summed E-state index contributed by atoms with van der Waals surface area (Å²) >= 11 is 0. The minimum absolute atomic E-state index is 0.0704. The smallest absolute Gasteiger partial charge is 0.468 e. The molecule has 0 aliphatic heterocycles. The van der Waals surface area contributed by atoms with Gasteiger partial charge in [0.2, 0.25) is 0 Å². The van der Waals surface area contributed by atoms with Crippen LogP contribution in [0.2, 0.25) is 0 Å². The fourth-order valence-electron chi connectivity index (χ4n) is 3.41. The van der Waals surface area contributed by atoms with Crippen molar-refractivity contribution in [1.82, 2.24) is 0 Å². The number of hydrogen-bond donors (Lipinski definition) is 1. The van der Waals surface area contributed by atoms with Crippen LogP contribution in [0.4, 0.5) is 14.4 Å². The third-order valence-corrected chi connectivity index (χ3v) is 5.57. The number of carbonyl (C=O) groups excluding carboxylic acids is 4. The molecule has 1 aromatic carbocycles. The van der Waals surface area contributed by atoms with Gasteiger partial charge in [0.1, 0.15) is 17.7 Å². The Kier molecular flexibility index (Phi) is 13.6. The Labute approximate surface area is 248 Å². The minimum atomic E-state index is -1.65. The van der Waals surface area contributed by atoms with Gasteiger partial charge in [-0.1, -0.05) is 54.5 Å². The maximum absolute atomic E-state index is 12.8. The lowest BCUT2D eigenvalue weighted by Gasteiger charge is -2.29. The molecule has 0 fully saturated rings. The van der Waals surface area contributed by atoms with Crippen LogP contribution < -0.4 is 15.2 Å². The first-order valence-corrected chi connectivity index (χ1v) is 13.8. The topological polar surface area (TPSA) is 159 Å². The fraction of sp³-hybridized carbons (Fsp3) is 0.667. The summed E-state index contributed by atoms with van der Waals surface area (Å²) in [5, 5.41) is 0. The van der Waals surface area contributed by atoms with E-state index < -0.39 is 36.1 Å². The third kappa shape index (κ3) is 13.9. The van der Waals surface area contributed by atoms with E-state index in [-0.39, 0.29) is 54.5 Å². The Morgan fingerprint density at radius 3 is 1.76 bits per heavy atom. The average Bonchev–Trinajstić information content (AvgIpc) is 2.86. The lowest BCUT2D eigenvalue weighted by Crippen LogP contribution is -2.53. The summed E-state index contributed by atoms with van der Waals surface area (Å²) in [6.07, 6.45) is -3.68. The maximum atomic E-state index is 12.8. The SMILES string of the molecule is CC[C@H](C)OC(=O)O[C@@H](C)CC(N)(Cc1ccc(OC(=O)OCC(C)(C)C)c(OC(=O)OCC(C)(C)C)c1)C(=O)OC. The standard InChI is InChI=1S/C30H47NO11/c1-11-19(2)39-27(35)40-20(3)15-30(31,24(32)36-10)16-21-12-13-22(41-25(33)37-17-28(4,5)6)23(14-21)42-26(34)38-18-29(7,8)9/h12-14,19-20H,11,15-18,31H2,1-10H3/t19-,20-,30?/m0/s1. The Morgan fingerprint density at radius 1 is 0.786 bits per heavy atom. The van der Waals surface area contributed by atoms with Crippen LogP contribution >= 0.6 is 0 Å². The van der Waals surface area contributed by atoms with Gasteiger partial charge in [-0.15, -0.1) is 0 Å². The van der Waals surface area contributed by atoms with Crippen molar-refractivity contribution in [3.8, 4) is 11.5 Å². The second kappa shape index (κ2) is 15.6. The van der Waals surface area contributed by atoms with Gasteiger partial charge < -0.3 is 38.9 Å². The maximum Gasteiger partial charge on any atom is 0.513 e. The third-order valence-electron chi connectivity index (χ3n) is 5.57. The number of hydrogen-bond acceptors (Lipinski definition) is 12. The molecule has 42 heavy (non-hydrogen) atoms. The van der Waals surface area contributed by atoms with Crippen LogP contribution in [0, 0.1) is 10.8 Å². The summed E-state index contributed by atoms with van der Waals surface area (Å²) in [6.45, 7) is 16.6. The van der Waals surface area contributed by atoms with E-state index in [0.29, 0.717) is 12.0 Å². The van der Waals surface area contributed by atoms with E-state index in [9.17, 15) is 19.2 Å². The Bertz CT molecular complexity index is 1070. The molecule has 0 amide bonds. The molecule has 12 nitrogen and oxygen atoms in total. The van der Waals surface area contributed by atoms with E-state index in [4.69, 9.17) is 38.9 Å². The molecule has 0 saturated carbocycles. The normalized spacial score (nSPS) is 14.5. The number of ether oxygens (including phenoxy) is 7. The molecule has 0 aliphatic carbocycles. The second-order valence-corrected chi connectivity index (χ2v) is 12.7. The van der Waals surface area contributed by atoms with Crippen molar-refractivity contribution in [2.45, 2.75) is 99.3 Å². The summed E-state index contributed by atoms with van der Waals surface area (Å²) in [7, 11) is 1.19. The van der Waals surface area contributed by atoms with Gasteiger partial charge >= 0.3 is 24.4 Å². The summed E-state index contributed by atoms with van der Waals surface area (Å²) < 4.78 is 36.4. The van der Waals surface area contributed by atoms with Gasteiger partial charge in [-0.2, -0.15) is 0 Å². The van der Waals surface area contributed by atoms with Crippen LogP contribution in [0.1, 0.15) is 80.7 Å². The van der Waals surface area contributed by atoms with Gasteiger partial charge in [-0.05, 0) is 48.8 Å². The summed E-state index contributed by atoms with van der Waals surface area (Å²) in [5.41, 5.74) is 4.64. The minimum Gasteiger partial charge on any atom is -0.468 e. The van der Waals surface area contributed by atoms with Crippen LogP contribution in [-0.2, 0) is 34.9 Å². The Balaban J connectivity index is 3.25. The van der Waals surface area contributed by atoms with Gasteiger partial charge in [-0.25, -0.2) is 14.4 Å². The van der Waals surface area contributed by atoms with Crippen molar-refractivity contribution in [2.75, 3.05) is 20.3 Å². The van der Waals surface area contributed by atoms with E-state index in [1.807, 2.05) is 48.5 Å². The number of carbonyl (C=O) groups is 4. The number of nitrogens with two attached hydrogens (primary N) is 1. The lowest BCUT2D eigenvalue weighted by molar-refractivity contribution is -0.148. The lowest BCUT2D eigenvalue weighted by atomic mass is 9.86. The van der Waals surface area contributed by atoms with Crippen LogP contribution in [0.25, 0.3) is 0 Å². The Morgan fingerprint density at radius 2 is 1.29 bits per heavy atom. The molecule has 3 atom stereocenters. The average molecular weight is 598 g/mol. The molecular weight excluding hydrogens is 550 g/mol. The summed E-state index contributed by atoms with van der Waals surface area (Å²) in [5.74, 6) is -1.03. The monoisotopic (exact) mass is 597 g/mol. The van der Waals surface area contributed by atoms with E-state index in [2.05, 4.69) is 0 Å². The zero-order valence-corrected chi connectivity index (χ0v) is 26.5. The van der Waals surface area contributed by atoms with Gasteiger partial charge in [0.05, 0.1) is 20.3 Å². The Hall–Kier alpha value is -3.54. The first kappa shape index (κ1) is 36.5. The van der Waals surface area contributed by atoms with Crippen LogP contribution in [-0.4, -0.2) is 62.5 Å². The van der Waals surface area contributed by atoms with Gasteiger partial charge in [0, 0.05) is 12.8 Å². The van der Waals surface area contributed by atoms with Crippen molar-refractivity contribution >= 4 is 24.4 Å². The molecule has 0 heterocycles. The molecule has 0 bridgehead atoms. The van der Waals surface area contributed by atoms with E-state index in [1.165, 1.54) is 25.3 Å². The highest BCUT2D eigenvalue weighted by Crippen LogP contribution is 2.32. The second-order valence-electron chi connectivity index (χ2n) is 12.7. The predicted octanol–water partition coefficient (Wildman–Crippen LogP) is 5.95. The first-order chi connectivity index (χ1) is 19.3.